The Labute approximate surface area is 188 Å². The maximum atomic E-state index is 12.7. The summed E-state index contributed by atoms with van der Waals surface area (Å²) in [4.78, 5) is 19.5. The number of fused-ring (bicyclic) bond motifs is 1. The average Bonchev–Trinajstić information content (AvgIpc) is 2.82. The molecule has 2 unspecified atom stereocenters. The van der Waals surface area contributed by atoms with Gasteiger partial charge in [0.25, 0.3) is 5.91 Å². The van der Waals surface area contributed by atoms with Crippen LogP contribution in [0.5, 0.6) is 0 Å². The topological polar surface area (TPSA) is 105 Å². The van der Waals surface area contributed by atoms with Crippen LogP contribution in [-0.2, 0) is 11.2 Å². The lowest BCUT2D eigenvalue weighted by Crippen LogP contribution is -2.42. The third kappa shape index (κ3) is 4.52. The number of carbonyl (C=O) groups is 1. The molecule has 2 aromatic rings. The molecule has 0 radical (unpaired) electrons. The molecule has 1 saturated heterocycles. The molecule has 32 heavy (non-hydrogen) atoms. The lowest BCUT2D eigenvalue weighted by atomic mass is 9.90. The van der Waals surface area contributed by atoms with E-state index < -0.39 is 0 Å². The Bertz CT molecular complexity index is 958. The Morgan fingerprint density at radius 3 is 2.75 bits per heavy atom. The molecule has 2 atom stereocenters. The Morgan fingerprint density at radius 1 is 1.12 bits per heavy atom. The van der Waals surface area contributed by atoms with Crippen LogP contribution in [0, 0.1) is 0 Å². The normalized spacial score (nSPS) is 23.3. The summed E-state index contributed by atoms with van der Waals surface area (Å²) in [5.41, 5.74) is 10.8. The van der Waals surface area contributed by atoms with Gasteiger partial charge in [0.15, 0.2) is 0 Å². The van der Waals surface area contributed by atoms with Gasteiger partial charge in [-0.2, -0.15) is 0 Å². The fourth-order valence-corrected chi connectivity index (χ4v) is 4.90. The van der Waals surface area contributed by atoms with Crippen molar-refractivity contribution in [2.75, 3.05) is 48.4 Å². The highest BCUT2D eigenvalue weighted by Gasteiger charge is 2.25. The van der Waals surface area contributed by atoms with E-state index in [4.69, 9.17) is 10.5 Å². The molecule has 3 aliphatic rings. The summed E-state index contributed by atoms with van der Waals surface area (Å²) >= 11 is 0. The van der Waals surface area contributed by atoms with E-state index in [1.165, 1.54) is 12.8 Å². The van der Waals surface area contributed by atoms with Gasteiger partial charge in [-0.3, -0.25) is 4.79 Å². The van der Waals surface area contributed by atoms with Crippen molar-refractivity contribution < 1.29 is 9.53 Å². The minimum Gasteiger partial charge on any atom is -0.381 e. The third-order valence-electron chi connectivity index (χ3n) is 6.66. The zero-order valence-corrected chi connectivity index (χ0v) is 18.4. The first-order chi connectivity index (χ1) is 15.7. The molecule has 1 amide bonds. The van der Waals surface area contributed by atoms with Crippen LogP contribution in [0.2, 0.25) is 0 Å². The number of amides is 1. The smallest absolute Gasteiger partial charge is 0.253 e. The van der Waals surface area contributed by atoms with Gasteiger partial charge in [0.1, 0.15) is 5.82 Å². The first-order valence-corrected chi connectivity index (χ1v) is 11.7. The molecule has 1 aliphatic carbocycles. The van der Waals surface area contributed by atoms with Crippen LogP contribution in [0.3, 0.4) is 0 Å². The van der Waals surface area contributed by atoms with E-state index in [2.05, 4.69) is 31.9 Å². The van der Waals surface area contributed by atoms with Crippen molar-refractivity contribution in [1.82, 2.24) is 10.3 Å². The Kier molecular flexibility index (Phi) is 6.14. The van der Waals surface area contributed by atoms with E-state index in [1.54, 1.807) is 0 Å². The van der Waals surface area contributed by atoms with Gasteiger partial charge in [-0.25, -0.2) is 4.98 Å². The molecule has 0 spiro atoms. The van der Waals surface area contributed by atoms with Crippen LogP contribution in [0.4, 0.5) is 22.9 Å². The summed E-state index contributed by atoms with van der Waals surface area (Å²) < 4.78 is 5.43. The minimum atomic E-state index is -0.0347. The van der Waals surface area contributed by atoms with Crippen LogP contribution in [0.1, 0.15) is 41.6 Å². The maximum absolute atomic E-state index is 12.7. The number of morpholine rings is 1. The molecular weight excluding hydrogens is 404 g/mol. The first-order valence-electron chi connectivity index (χ1n) is 11.7. The van der Waals surface area contributed by atoms with Crippen LogP contribution < -0.4 is 26.6 Å². The summed E-state index contributed by atoms with van der Waals surface area (Å²) in [6.45, 7) is 3.82. The number of hydrogen-bond donors (Lipinski definition) is 4. The van der Waals surface area contributed by atoms with Gasteiger partial charge >= 0.3 is 0 Å². The third-order valence-corrected chi connectivity index (χ3v) is 6.66. The van der Waals surface area contributed by atoms with Gasteiger partial charge in [0.05, 0.1) is 36.3 Å². The first kappa shape index (κ1) is 21.0. The van der Waals surface area contributed by atoms with E-state index in [0.29, 0.717) is 12.1 Å². The fraction of sp³-hybridized carbons (Fsp3) is 0.500. The molecular formula is C24H32N6O2. The zero-order chi connectivity index (χ0) is 21.9. The van der Waals surface area contributed by atoms with Crippen molar-refractivity contribution >= 4 is 28.8 Å². The van der Waals surface area contributed by atoms with E-state index in [1.807, 2.05) is 24.4 Å². The van der Waals surface area contributed by atoms with Crippen LogP contribution in [-0.4, -0.2) is 55.8 Å². The molecule has 3 heterocycles. The monoisotopic (exact) mass is 436 g/mol. The molecule has 5 rings (SSSR count). The number of carbonyl (C=O) groups excluding carboxylic acids is 1. The molecule has 2 fully saturated rings. The molecule has 1 aromatic carbocycles. The Balaban J connectivity index is 1.39. The molecule has 8 heteroatoms. The fourth-order valence-electron chi connectivity index (χ4n) is 4.90. The second-order valence-corrected chi connectivity index (χ2v) is 8.89. The average molecular weight is 437 g/mol. The lowest BCUT2D eigenvalue weighted by Gasteiger charge is -2.31. The molecule has 0 bridgehead atoms. The number of nitrogens with one attached hydrogen (secondary N) is 3. The summed E-state index contributed by atoms with van der Waals surface area (Å²) in [7, 11) is 0. The predicted molar refractivity (Wildman–Crippen MR) is 127 cm³/mol. The van der Waals surface area contributed by atoms with Crippen molar-refractivity contribution in [2.24, 2.45) is 5.73 Å². The van der Waals surface area contributed by atoms with E-state index >= 15 is 0 Å². The number of aromatic nitrogens is 1. The van der Waals surface area contributed by atoms with Crippen molar-refractivity contribution in [3.63, 3.8) is 0 Å². The van der Waals surface area contributed by atoms with Gasteiger partial charge in [-0.1, -0.05) is 12.8 Å². The van der Waals surface area contributed by atoms with Gasteiger partial charge in [0.2, 0.25) is 0 Å². The van der Waals surface area contributed by atoms with Crippen molar-refractivity contribution in [2.45, 2.75) is 44.2 Å². The summed E-state index contributed by atoms with van der Waals surface area (Å²) in [6.07, 6.45) is 7.17. The molecule has 8 nitrogen and oxygen atoms in total. The molecule has 2 aliphatic heterocycles. The number of ether oxygens (including phenoxy) is 1. The van der Waals surface area contributed by atoms with Gasteiger partial charge < -0.3 is 31.3 Å². The summed E-state index contributed by atoms with van der Waals surface area (Å²) in [5, 5.41) is 10.1. The number of rotatable bonds is 5. The van der Waals surface area contributed by atoms with E-state index in [0.717, 1.165) is 74.0 Å². The van der Waals surface area contributed by atoms with E-state index in [-0.39, 0.29) is 18.0 Å². The summed E-state index contributed by atoms with van der Waals surface area (Å²) in [5.74, 6) is 0.910. The highest BCUT2D eigenvalue weighted by atomic mass is 16.5. The highest BCUT2D eigenvalue weighted by molar-refractivity contribution is 6.03. The largest absolute Gasteiger partial charge is 0.381 e. The number of nitrogens with two attached hydrogens (primary N) is 1. The maximum Gasteiger partial charge on any atom is 0.253 e. The standard InChI is InChI=1S/C24H32N6O2/c25-19-3-1-2-4-20(19)29-18-13-16-7-8-26-24(31)23(16)21(14-18)28-17-5-6-22(27-15-17)30-9-11-32-12-10-30/h5-6,13-15,19-20,28-29H,1-4,7-12,25H2,(H,26,31). The SMILES string of the molecule is NC1CCCCC1Nc1cc2c(c(Nc3ccc(N4CCOCC4)nc3)c1)C(=O)NCC2. The number of hydrogen-bond acceptors (Lipinski definition) is 7. The van der Waals surface area contributed by atoms with Gasteiger partial charge in [0, 0.05) is 37.4 Å². The minimum absolute atomic E-state index is 0.0347. The quantitative estimate of drug-likeness (QED) is 0.571. The molecule has 1 saturated carbocycles. The number of benzene rings is 1. The lowest BCUT2D eigenvalue weighted by molar-refractivity contribution is 0.0947. The van der Waals surface area contributed by atoms with Crippen molar-refractivity contribution in [1.29, 1.82) is 0 Å². The second kappa shape index (κ2) is 9.34. The summed E-state index contributed by atoms with van der Waals surface area (Å²) in [6, 6.07) is 8.60. The second-order valence-electron chi connectivity index (χ2n) is 8.89. The number of nitrogens with zero attached hydrogens (tertiary/aromatic N) is 2. The van der Waals surface area contributed by atoms with Crippen LogP contribution in [0.25, 0.3) is 0 Å². The molecule has 170 valence electrons. The van der Waals surface area contributed by atoms with Crippen molar-refractivity contribution in [3.05, 3.63) is 41.6 Å². The predicted octanol–water partition coefficient (Wildman–Crippen LogP) is 2.63. The van der Waals surface area contributed by atoms with E-state index in [9.17, 15) is 4.79 Å². The Morgan fingerprint density at radius 2 is 1.97 bits per heavy atom. The molecule has 1 aromatic heterocycles. The Hall–Kier alpha value is -2.84. The highest BCUT2D eigenvalue weighted by Crippen LogP contribution is 2.32. The van der Waals surface area contributed by atoms with Gasteiger partial charge in [-0.05, 0) is 49.1 Å². The van der Waals surface area contributed by atoms with Crippen molar-refractivity contribution in [3.8, 4) is 0 Å². The van der Waals surface area contributed by atoms with Crippen LogP contribution >= 0.6 is 0 Å². The van der Waals surface area contributed by atoms with Crippen LogP contribution in [0.15, 0.2) is 30.5 Å². The zero-order valence-electron chi connectivity index (χ0n) is 18.4. The molecule has 5 N–H and O–H groups in total. The van der Waals surface area contributed by atoms with Gasteiger partial charge in [-0.15, -0.1) is 0 Å². The number of anilines is 4. The number of pyridine rings is 1.